The van der Waals surface area contributed by atoms with E-state index in [1.165, 1.54) is 18.2 Å². The first-order chi connectivity index (χ1) is 16.9. The van der Waals surface area contributed by atoms with Crippen molar-refractivity contribution in [2.45, 2.75) is 58.8 Å². The molecular formula is C28H31Cl2FN2O3. The first-order valence-corrected chi connectivity index (χ1v) is 12.5. The topological polar surface area (TPSA) is 51.5 Å². The lowest BCUT2D eigenvalue weighted by atomic mass is 10.1. The summed E-state index contributed by atoms with van der Waals surface area (Å²) in [5, 5.41) is 0.433. The molecule has 1 atom stereocenters. The number of aromatic nitrogens is 1. The predicted molar refractivity (Wildman–Crippen MR) is 142 cm³/mol. The van der Waals surface area contributed by atoms with Crippen LogP contribution in [0.1, 0.15) is 60.9 Å². The number of halogens is 3. The van der Waals surface area contributed by atoms with E-state index in [-0.39, 0.29) is 28.4 Å². The number of carbonyl (C=O) groups is 1. The molecular weight excluding hydrogens is 502 g/mol. The Morgan fingerprint density at radius 1 is 1.08 bits per heavy atom. The van der Waals surface area contributed by atoms with Crippen LogP contribution in [0.2, 0.25) is 10.0 Å². The first-order valence-electron chi connectivity index (χ1n) is 11.7. The molecule has 192 valence electrons. The molecule has 0 aliphatic carbocycles. The van der Waals surface area contributed by atoms with Crippen LogP contribution >= 0.6 is 23.2 Å². The molecule has 0 spiro atoms. The van der Waals surface area contributed by atoms with Crippen molar-refractivity contribution in [3.63, 3.8) is 0 Å². The molecule has 1 unspecified atom stereocenters. The fourth-order valence-electron chi connectivity index (χ4n) is 3.81. The molecule has 0 amide bonds. The van der Waals surface area contributed by atoms with Gasteiger partial charge in [-0.3, -0.25) is 9.69 Å². The van der Waals surface area contributed by atoms with E-state index in [1.54, 1.807) is 22.8 Å². The predicted octanol–water partition coefficient (Wildman–Crippen LogP) is 6.69. The Bertz CT molecular complexity index is 1280. The third kappa shape index (κ3) is 7.19. The van der Waals surface area contributed by atoms with Crippen LogP contribution in [0.15, 0.2) is 59.4 Å². The van der Waals surface area contributed by atoms with E-state index in [9.17, 15) is 14.0 Å². The number of hydrogen-bond acceptors (Lipinski definition) is 4. The van der Waals surface area contributed by atoms with Crippen LogP contribution in [-0.2, 0) is 24.2 Å². The molecule has 1 aromatic heterocycles. The van der Waals surface area contributed by atoms with Crippen molar-refractivity contribution < 1.29 is 13.9 Å². The summed E-state index contributed by atoms with van der Waals surface area (Å²) in [6.07, 6.45) is 0.529. The molecule has 5 nitrogen and oxygen atoms in total. The molecule has 8 heteroatoms. The zero-order valence-electron chi connectivity index (χ0n) is 21.1. The molecule has 3 aromatic rings. The Hall–Kier alpha value is -2.67. The largest absolute Gasteiger partial charge is 0.456 e. The van der Waals surface area contributed by atoms with Gasteiger partial charge >= 0.3 is 5.97 Å². The third-order valence-corrected chi connectivity index (χ3v) is 6.51. The number of hydrogen-bond donors (Lipinski definition) is 0. The fourth-order valence-corrected chi connectivity index (χ4v) is 4.35. The van der Waals surface area contributed by atoms with Gasteiger partial charge in [-0.15, -0.1) is 0 Å². The zero-order valence-corrected chi connectivity index (χ0v) is 22.7. The SMILES string of the molecule is CC(c1cccc(F)c1)N(C)Cc1c(Cl)cc(Cl)c(=O)n1CCc1ccc(C(=O)OC(C)(C)C)cc1. The highest BCUT2D eigenvalue weighted by Gasteiger charge is 2.20. The van der Waals surface area contributed by atoms with Gasteiger partial charge in [0.1, 0.15) is 16.4 Å². The van der Waals surface area contributed by atoms with Gasteiger partial charge < -0.3 is 9.30 Å². The molecule has 0 aliphatic heterocycles. The van der Waals surface area contributed by atoms with E-state index in [0.717, 1.165) is 11.1 Å². The number of nitrogens with zero attached hydrogens (tertiary/aromatic N) is 2. The van der Waals surface area contributed by atoms with Crippen molar-refractivity contribution >= 4 is 29.2 Å². The maximum absolute atomic E-state index is 13.7. The molecule has 0 fully saturated rings. The van der Waals surface area contributed by atoms with Gasteiger partial charge in [0, 0.05) is 19.1 Å². The fraction of sp³-hybridized carbons (Fsp3) is 0.357. The number of carbonyl (C=O) groups excluding carboxylic acids is 1. The Labute approximate surface area is 221 Å². The van der Waals surface area contributed by atoms with Crippen LogP contribution in [0.3, 0.4) is 0 Å². The maximum Gasteiger partial charge on any atom is 0.338 e. The Morgan fingerprint density at radius 3 is 2.36 bits per heavy atom. The van der Waals surface area contributed by atoms with Crippen LogP contribution in [-0.4, -0.2) is 28.1 Å². The van der Waals surface area contributed by atoms with Gasteiger partial charge in [0.15, 0.2) is 0 Å². The van der Waals surface area contributed by atoms with Crippen molar-refractivity contribution in [1.82, 2.24) is 9.47 Å². The minimum Gasteiger partial charge on any atom is -0.456 e. The molecule has 0 radical (unpaired) electrons. The summed E-state index contributed by atoms with van der Waals surface area (Å²) in [7, 11) is 1.89. The van der Waals surface area contributed by atoms with Gasteiger partial charge in [-0.2, -0.15) is 0 Å². The van der Waals surface area contributed by atoms with Crippen LogP contribution in [0.4, 0.5) is 4.39 Å². The molecule has 0 saturated heterocycles. The number of ether oxygens (including phenoxy) is 1. The minimum absolute atomic E-state index is 0.0462. The normalized spacial score (nSPS) is 12.6. The summed E-state index contributed by atoms with van der Waals surface area (Å²) in [4.78, 5) is 27.2. The maximum atomic E-state index is 13.7. The number of pyridine rings is 1. The summed E-state index contributed by atoms with van der Waals surface area (Å²) in [5.41, 5.74) is 1.96. The minimum atomic E-state index is -0.571. The standard InChI is InChI=1S/C28H31Cl2FN2O3/c1-18(21-7-6-8-22(31)15-21)32(5)17-25-23(29)16-24(30)26(34)33(25)14-13-19-9-11-20(12-10-19)27(35)36-28(2,3)4/h6-12,15-16,18H,13-14,17H2,1-5H3. The van der Waals surface area contributed by atoms with E-state index in [4.69, 9.17) is 27.9 Å². The molecule has 2 aromatic carbocycles. The monoisotopic (exact) mass is 532 g/mol. The van der Waals surface area contributed by atoms with E-state index in [2.05, 4.69) is 0 Å². The molecule has 0 aliphatic rings. The smallest absolute Gasteiger partial charge is 0.338 e. The summed E-state index contributed by atoms with van der Waals surface area (Å²) in [6.45, 7) is 8.14. The third-order valence-electron chi connectivity index (χ3n) is 5.91. The molecule has 0 N–H and O–H groups in total. The lowest BCUT2D eigenvalue weighted by Gasteiger charge is -2.27. The zero-order chi connectivity index (χ0) is 26.6. The second-order valence-corrected chi connectivity index (χ2v) is 10.7. The van der Waals surface area contributed by atoms with E-state index in [1.807, 2.05) is 57.8 Å². The van der Waals surface area contributed by atoms with Crippen molar-refractivity contribution in [3.05, 3.63) is 103 Å². The van der Waals surface area contributed by atoms with E-state index < -0.39 is 5.60 Å². The van der Waals surface area contributed by atoms with Crippen molar-refractivity contribution in [1.29, 1.82) is 0 Å². The van der Waals surface area contributed by atoms with Crippen molar-refractivity contribution in [2.24, 2.45) is 0 Å². The second-order valence-electron chi connectivity index (χ2n) is 9.84. The van der Waals surface area contributed by atoms with Crippen molar-refractivity contribution in [3.8, 4) is 0 Å². The number of benzene rings is 2. The molecule has 1 heterocycles. The van der Waals surface area contributed by atoms with Gasteiger partial charge in [0.05, 0.1) is 16.3 Å². The first kappa shape index (κ1) is 27.9. The van der Waals surface area contributed by atoms with Gasteiger partial charge in [-0.05, 0) is 82.6 Å². The van der Waals surface area contributed by atoms with Crippen LogP contribution in [0, 0.1) is 5.82 Å². The number of aryl methyl sites for hydroxylation is 1. The average molecular weight is 533 g/mol. The highest BCUT2D eigenvalue weighted by molar-refractivity contribution is 6.34. The molecule has 36 heavy (non-hydrogen) atoms. The van der Waals surface area contributed by atoms with Crippen LogP contribution in [0.25, 0.3) is 0 Å². The lowest BCUT2D eigenvalue weighted by Crippen LogP contribution is -2.30. The average Bonchev–Trinajstić information content (AvgIpc) is 2.81. The lowest BCUT2D eigenvalue weighted by molar-refractivity contribution is 0.00695. The van der Waals surface area contributed by atoms with Gasteiger partial charge in [-0.25, -0.2) is 9.18 Å². The highest BCUT2D eigenvalue weighted by Crippen LogP contribution is 2.25. The molecule has 0 saturated carbocycles. The van der Waals surface area contributed by atoms with Gasteiger partial charge in [-0.1, -0.05) is 47.5 Å². The second kappa shape index (κ2) is 11.6. The van der Waals surface area contributed by atoms with Gasteiger partial charge in [0.25, 0.3) is 5.56 Å². The summed E-state index contributed by atoms with van der Waals surface area (Å²) >= 11 is 12.7. The number of rotatable bonds is 8. The van der Waals surface area contributed by atoms with Crippen molar-refractivity contribution in [2.75, 3.05) is 7.05 Å². The Morgan fingerprint density at radius 2 is 1.75 bits per heavy atom. The van der Waals surface area contributed by atoms with Gasteiger partial charge in [0.2, 0.25) is 0 Å². The quantitative estimate of drug-likeness (QED) is 0.303. The van der Waals surface area contributed by atoms with E-state index in [0.29, 0.717) is 35.8 Å². The molecule has 3 rings (SSSR count). The Kier molecular flexibility index (Phi) is 8.98. The molecule has 0 bridgehead atoms. The summed E-state index contributed by atoms with van der Waals surface area (Å²) in [5.74, 6) is -0.684. The van der Waals surface area contributed by atoms with Crippen LogP contribution < -0.4 is 5.56 Å². The number of esters is 1. The Balaban J connectivity index is 1.79. The highest BCUT2D eigenvalue weighted by atomic mass is 35.5. The summed E-state index contributed by atoms with van der Waals surface area (Å²) in [6, 6.07) is 14.9. The van der Waals surface area contributed by atoms with E-state index >= 15 is 0 Å². The summed E-state index contributed by atoms with van der Waals surface area (Å²) < 4.78 is 20.7. The van der Waals surface area contributed by atoms with Crippen LogP contribution in [0.5, 0.6) is 0 Å².